The van der Waals surface area contributed by atoms with Gasteiger partial charge in [-0.15, -0.1) is 0 Å². The van der Waals surface area contributed by atoms with E-state index in [9.17, 15) is 0 Å². The molecule has 0 aliphatic heterocycles. The lowest BCUT2D eigenvalue weighted by molar-refractivity contribution is 0.0852. The van der Waals surface area contributed by atoms with Gasteiger partial charge in [-0.25, -0.2) is 0 Å². The van der Waals surface area contributed by atoms with E-state index in [0.29, 0.717) is 17.4 Å². The van der Waals surface area contributed by atoms with Gasteiger partial charge in [-0.2, -0.15) is 0 Å². The summed E-state index contributed by atoms with van der Waals surface area (Å²) in [5.41, 5.74) is 1.03. The molecule has 1 heteroatoms. The Kier molecular flexibility index (Phi) is 1.99. The Hall–Kier alpha value is -0.0400. The molecule has 2 bridgehead atoms. The Labute approximate surface area is 81.5 Å². The van der Waals surface area contributed by atoms with Crippen LogP contribution in [0.4, 0.5) is 0 Å². The molecule has 0 amide bonds. The van der Waals surface area contributed by atoms with Crippen molar-refractivity contribution >= 4 is 0 Å². The summed E-state index contributed by atoms with van der Waals surface area (Å²) in [6, 6.07) is 0. The summed E-state index contributed by atoms with van der Waals surface area (Å²) in [5, 5.41) is 9.04. The molecule has 2 saturated carbocycles. The minimum Gasteiger partial charge on any atom is -0.396 e. The van der Waals surface area contributed by atoms with Crippen molar-refractivity contribution in [3.8, 4) is 0 Å². The number of aliphatic hydroxyl groups is 1. The molecule has 0 aromatic carbocycles. The highest BCUT2D eigenvalue weighted by atomic mass is 16.3. The molecule has 0 radical (unpaired) electrons. The standard InChI is InChI=1S/C12H22O/c1-11(2)9-4-6-12(11,3)10(8-9)5-7-13/h9-10,13H,4-8H2,1-3H3. The van der Waals surface area contributed by atoms with Gasteiger partial charge in [0.1, 0.15) is 0 Å². The Morgan fingerprint density at radius 2 is 2.00 bits per heavy atom. The molecule has 2 aliphatic rings. The highest BCUT2D eigenvalue weighted by molar-refractivity contribution is 5.09. The van der Waals surface area contributed by atoms with Crippen LogP contribution < -0.4 is 0 Å². The third kappa shape index (κ3) is 1.03. The second-order valence-electron chi connectivity index (χ2n) is 5.82. The first-order valence-electron chi connectivity index (χ1n) is 5.63. The van der Waals surface area contributed by atoms with E-state index in [-0.39, 0.29) is 0 Å². The summed E-state index contributed by atoms with van der Waals surface area (Å²) in [4.78, 5) is 0. The van der Waals surface area contributed by atoms with Crippen LogP contribution in [0.2, 0.25) is 0 Å². The first-order valence-corrected chi connectivity index (χ1v) is 5.63. The molecule has 0 saturated heterocycles. The molecule has 0 spiro atoms. The van der Waals surface area contributed by atoms with Gasteiger partial charge in [-0.1, -0.05) is 20.8 Å². The molecule has 0 aromatic rings. The van der Waals surface area contributed by atoms with Gasteiger partial charge >= 0.3 is 0 Å². The number of rotatable bonds is 2. The highest BCUT2D eigenvalue weighted by Crippen LogP contribution is 2.68. The van der Waals surface area contributed by atoms with Crippen molar-refractivity contribution in [1.29, 1.82) is 0 Å². The third-order valence-electron chi connectivity index (χ3n) is 5.45. The predicted octanol–water partition coefficient (Wildman–Crippen LogP) is 2.83. The van der Waals surface area contributed by atoms with Gasteiger partial charge in [-0.3, -0.25) is 0 Å². The molecule has 2 rings (SSSR count). The normalized spacial score (nSPS) is 47.1. The number of fused-ring (bicyclic) bond motifs is 2. The SMILES string of the molecule is CC1(C)C2CCC1(C)C(CCO)C2. The lowest BCUT2D eigenvalue weighted by atomic mass is 9.66. The van der Waals surface area contributed by atoms with Gasteiger partial charge in [-0.05, 0) is 48.3 Å². The summed E-state index contributed by atoms with van der Waals surface area (Å²) >= 11 is 0. The molecule has 0 heterocycles. The molecule has 0 aromatic heterocycles. The summed E-state index contributed by atoms with van der Waals surface area (Å²) in [6.45, 7) is 7.69. The summed E-state index contributed by atoms with van der Waals surface area (Å²) < 4.78 is 0. The van der Waals surface area contributed by atoms with Gasteiger partial charge in [0.15, 0.2) is 0 Å². The maximum absolute atomic E-state index is 9.04. The van der Waals surface area contributed by atoms with E-state index in [1.807, 2.05) is 0 Å². The van der Waals surface area contributed by atoms with Crippen molar-refractivity contribution in [2.45, 2.75) is 46.5 Å². The smallest absolute Gasteiger partial charge is 0.0433 e. The number of hydrogen-bond donors (Lipinski definition) is 1. The van der Waals surface area contributed by atoms with Crippen molar-refractivity contribution in [3.63, 3.8) is 0 Å². The topological polar surface area (TPSA) is 20.2 Å². The fourth-order valence-electron chi connectivity index (χ4n) is 3.96. The van der Waals surface area contributed by atoms with E-state index in [4.69, 9.17) is 5.11 Å². The van der Waals surface area contributed by atoms with Gasteiger partial charge in [0.2, 0.25) is 0 Å². The van der Waals surface area contributed by atoms with E-state index < -0.39 is 0 Å². The van der Waals surface area contributed by atoms with Gasteiger partial charge in [0, 0.05) is 6.61 Å². The van der Waals surface area contributed by atoms with Crippen LogP contribution in [0.5, 0.6) is 0 Å². The minimum atomic E-state index is 0.378. The molecule has 3 atom stereocenters. The van der Waals surface area contributed by atoms with Gasteiger partial charge < -0.3 is 5.11 Å². The van der Waals surface area contributed by atoms with E-state index in [0.717, 1.165) is 18.3 Å². The third-order valence-corrected chi connectivity index (χ3v) is 5.45. The van der Waals surface area contributed by atoms with Crippen LogP contribution in [-0.4, -0.2) is 11.7 Å². The summed E-state index contributed by atoms with van der Waals surface area (Å²) in [6.07, 6.45) is 5.20. The molecule has 1 nitrogen and oxygen atoms in total. The zero-order valence-electron chi connectivity index (χ0n) is 9.14. The molecule has 2 fully saturated rings. The number of hydrogen-bond acceptors (Lipinski definition) is 1. The van der Waals surface area contributed by atoms with Crippen molar-refractivity contribution in [1.82, 2.24) is 0 Å². The van der Waals surface area contributed by atoms with E-state index >= 15 is 0 Å². The van der Waals surface area contributed by atoms with Crippen LogP contribution in [0.25, 0.3) is 0 Å². The summed E-state index contributed by atoms with van der Waals surface area (Å²) in [7, 11) is 0. The molecule has 13 heavy (non-hydrogen) atoms. The maximum Gasteiger partial charge on any atom is 0.0433 e. The van der Waals surface area contributed by atoms with E-state index in [2.05, 4.69) is 20.8 Å². The lowest BCUT2D eigenvalue weighted by Gasteiger charge is -2.39. The van der Waals surface area contributed by atoms with Crippen LogP contribution in [0, 0.1) is 22.7 Å². The van der Waals surface area contributed by atoms with Crippen molar-refractivity contribution in [2.75, 3.05) is 6.61 Å². The Bertz CT molecular complexity index is 209. The van der Waals surface area contributed by atoms with Gasteiger partial charge in [0.05, 0.1) is 0 Å². The van der Waals surface area contributed by atoms with E-state index in [1.54, 1.807) is 0 Å². The molecule has 3 unspecified atom stereocenters. The Morgan fingerprint density at radius 1 is 1.31 bits per heavy atom. The zero-order chi connectivity index (χ0) is 9.69. The quantitative estimate of drug-likeness (QED) is 0.696. The predicted molar refractivity (Wildman–Crippen MR) is 54.4 cm³/mol. The first kappa shape index (κ1) is 9.51. The summed E-state index contributed by atoms with van der Waals surface area (Å²) in [5.74, 6) is 1.71. The average Bonchev–Trinajstić information content (AvgIpc) is 2.37. The van der Waals surface area contributed by atoms with Crippen LogP contribution in [-0.2, 0) is 0 Å². The van der Waals surface area contributed by atoms with Crippen molar-refractivity contribution in [3.05, 3.63) is 0 Å². The first-order chi connectivity index (χ1) is 6.02. The van der Waals surface area contributed by atoms with Crippen molar-refractivity contribution < 1.29 is 5.11 Å². The van der Waals surface area contributed by atoms with Crippen LogP contribution in [0.3, 0.4) is 0 Å². The molecule has 76 valence electrons. The lowest BCUT2D eigenvalue weighted by Crippen LogP contribution is -2.32. The minimum absolute atomic E-state index is 0.378. The largest absolute Gasteiger partial charge is 0.396 e. The maximum atomic E-state index is 9.04. The van der Waals surface area contributed by atoms with Crippen LogP contribution >= 0.6 is 0 Å². The second-order valence-corrected chi connectivity index (χ2v) is 5.82. The second kappa shape index (κ2) is 2.73. The fourth-order valence-corrected chi connectivity index (χ4v) is 3.96. The van der Waals surface area contributed by atoms with Crippen LogP contribution in [0.15, 0.2) is 0 Å². The highest BCUT2D eigenvalue weighted by Gasteiger charge is 2.60. The Morgan fingerprint density at radius 3 is 2.38 bits per heavy atom. The molecular weight excluding hydrogens is 160 g/mol. The Balaban J connectivity index is 2.22. The molecule has 2 aliphatic carbocycles. The molecular formula is C12H22O. The van der Waals surface area contributed by atoms with Crippen molar-refractivity contribution in [2.24, 2.45) is 22.7 Å². The molecule has 1 N–H and O–H groups in total. The fraction of sp³-hybridized carbons (Fsp3) is 1.00. The monoisotopic (exact) mass is 182 g/mol. The van der Waals surface area contributed by atoms with Crippen LogP contribution in [0.1, 0.15) is 46.5 Å². The number of aliphatic hydroxyl groups excluding tert-OH is 1. The van der Waals surface area contributed by atoms with Gasteiger partial charge in [0.25, 0.3) is 0 Å². The zero-order valence-corrected chi connectivity index (χ0v) is 9.14. The average molecular weight is 182 g/mol. The van der Waals surface area contributed by atoms with E-state index in [1.165, 1.54) is 19.3 Å².